The van der Waals surface area contributed by atoms with Crippen LogP contribution in [0.4, 0.5) is 0 Å². The third-order valence-electron chi connectivity index (χ3n) is 3.99. The number of nitrogens with two attached hydrogens (primary N) is 1. The van der Waals surface area contributed by atoms with Crippen molar-refractivity contribution in [3.05, 3.63) is 66.2 Å². The molecule has 0 aliphatic rings. The number of carbonyl (C=O) groups excluding carboxylic acids is 1. The van der Waals surface area contributed by atoms with Crippen molar-refractivity contribution in [1.29, 1.82) is 0 Å². The topological polar surface area (TPSA) is 122 Å². The number of nitrogens with one attached hydrogen (secondary N) is 2. The lowest BCUT2D eigenvalue weighted by molar-refractivity contribution is -0.130. The maximum absolute atomic E-state index is 12.0. The summed E-state index contributed by atoms with van der Waals surface area (Å²) < 4.78 is 26.6. The standard InChI is InChI=1S/C19H25N3O4S/c20-17(14-15-8-3-1-4-9-15)18(23)19(24)21-12-7-13-22-27(25,26)16-10-5-2-6-11-16/h1-6,8-11,17-18,22-23H,7,12-14,20H2,(H,21,24)/t17-,18?/m0/s1. The second-order valence-electron chi connectivity index (χ2n) is 6.15. The van der Waals surface area contributed by atoms with E-state index in [4.69, 9.17) is 5.73 Å². The third-order valence-corrected chi connectivity index (χ3v) is 5.46. The fraction of sp³-hybridized carbons (Fsp3) is 0.316. The van der Waals surface area contributed by atoms with E-state index in [2.05, 4.69) is 10.0 Å². The highest BCUT2D eigenvalue weighted by molar-refractivity contribution is 7.89. The SMILES string of the molecule is N[C@@H](Cc1ccccc1)C(O)C(=O)NCCCNS(=O)(=O)c1ccccc1. The molecule has 0 saturated carbocycles. The molecule has 0 fully saturated rings. The Labute approximate surface area is 159 Å². The summed E-state index contributed by atoms with van der Waals surface area (Å²) in [5, 5.41) is 12.6. The van der Waals surface area contributed by atoms with E-state index in [1.54, 1.807) is 18.2 Å². The molecule has 27 heavy (non-hydrogen) atoms. The molecule has 0 aromatic heterocycles. The first-order valence-electron chi connectivity index (χ1n) is 8.70. The van der Waals surface area contributed by atoms with Gasteiger partial charge in [0, 0.05) is 19.1 Å². The van der Waals surface area contributed by atoms with Crippen LogP contribution in [0.15, 0.2) is 65.6 Å². The molecule has 7 nitrogen and oxygen atoms in total. The average Bonchev–Trinajstić information content (AvgIpc) is 2.68. The predicted molar refractivity (Wildman–Crippen MR) is 103 cm³/mol. The molecule has 2 aromatic carbocycles. The molecule has 2 rings (SSSR count). The molecule has 0 aliphatic carbocycles. The molecule has 146 valence electrons. The lowest BCUT2D eigenvalue weighted by atomic mass is 10.0. The molecule has 8 heteroatoms. The van der Waals surface area contributed by atoms with Gasteiger partial charge in [-0.05, 0) is 30.5 Å². The van der Waals surface area contributed by atoms with Crippen molar-refractivity contribution in [2.75, 3.05) is 13.1 Å². The van der Waals surface area contributed by atoms with Gasteiger partial charge in [-0.2, -0.15) is 0 Å². The van der Waals surface area contributed by atoms with E-state index in [9.17, 15) is 18.3 Å². The van der Waals surface area contributed by atoms with E-state index in [1.807, 2.05) is 30.3 Å². The molecule has 0 radical (unpaired) electrons. The number of sulfonamides is 1. The molecule has 0 bridgehead atoms. The minimum absolute atomic E-state index is 0.170. The van der Waals surface area contributed by atoms with Crippen LogP contribution in [0.5, 0.6) is 0 Å². The monoisotopic (exact) mass is 391 g/mol. The normalized spacial score (nSPS) is 13.7. The first kappa shape index (κ1) is 21.0. The summed E-state index contributed by atoms with van der Waals surface area (Å²) in [5.74, 6) is -0.565. The number of rotatable bonds is 10. The van der Waals surface area contributed by atoms with Crippen LogP contribution in [0.2, 0.25) is 0 Å². The summed E-state index contributed by atoms with van der Waals surface area (Å²) in [5.41, 5.74) is 6.84. The van der Waals surface area contributed by atoms with Crippen molar-refractivity contribution in [3.8, 4) is 0 Å². The Morgan fingerprint density at radius 2 is 1.59 bits per heavy atom. The Morgan fingerprint density at radius 3 is 2.22 bits per heavy atom. The molecule has 0 spiro atoms. The maximum atomic E-state index is 12.0. The van der Waals surface area contributed by atoms with Crippen molar-refractivity contribution in [3.63, 3.8) is 0 Å². The molecule has 2 aromatic rings. The zero-order chi connectivity index (χ0) is 19.7. The largest absolute Gasteiger partial charge is 0.382 e. The fourth-order valence-corrected chi connectivity index (χ4v) is 3.58. The number of hydrogen-bond donors (Lipinski definition) is 4. The lowest BCUT2D eigenvalue weighted by Gasteiger charge is -2.18. The quantitative estimate of drug-likeness (QED) is 0.437. The Hall–Kier alpha value is -2.26. The van der Waals surface area contributed by atoms with Crippen molar-refractivity contribution in [2.24, 2.45) is 5.73 Å². The molecule has 0 saturated heterocycles. The van der Waals surface area contributed by atoms with Gasteiger partial charge in [0.2, 0.25) is 15.9 Å². The smallest absolute Gasteiger partial charge is 0.250 e. The van der Waals surface area contributed by atoms with E-state index in [1.165, 1.54) is 12.1 Å². The molecular weight excluding hydrogens is 366 g/mol. The summed E-state index contributed by atoms with van der Waals surface area (Å²) in [7, 11) is -3.56. The van der Waals surface area contributed by atoms with E-state index < -0.39 is 28.1 Å². The van der Waals surface area contributed by atoms with Gasteiger partial charge in [0.15, 0.2) is 0 Å². The molecule has 5 N–H and O–H groups in total. The zero-order valence-electron chi connectivity index (χ0n) is 14.9. The highest BCUT2D eigenvalue weighted by Gasteiger charge is 2.22. The van der Waals surface area contributed by atoms with Crippen LogP contribution in [-0.2, 0) is 21.2 Å². The van der Waals surface area contributed by atoms with Gasteiger partial charge in [0.25, 0.3) is 0 Å². The maximum Gasteiger partial charge on any atom is 0.250 e. The minimum Gasteiger partial charge on any atom is -0.382 e. The Kier molecular flexibility index (Phi) is 7.93. The summed E-state index contributed by atoms with van der Waals surface area (Å²) in [6.45, 7) is 0.398. The van der Waals surface area contributed by atoms with E-state index in [-0.39, 0.29) is 18.0 Å². The van der Waals surface area contributed by atoms with Gasteiger partial charge in [0.05, 0.1) is 4.90 Å². The number of aliphatic hydroxyl groups is 1. The number of benzene rings is 2. The van der Waals surface area contributed by atoms with Crippen molar-refractivity contribution < 1.29 is 18.3 Å². The third kappa shape index (κ3) is 6.76. The van der Waals surface area contributed by atoms with Gasteiger partial charge in [-0.25, -0.2) is 13.1 Å². The fourth-order valence-electron chi connectivity index (χ4n) is 2.49. The van der Waals surface area contributed by atoms with Crippen LogP contribution in [-0.4, -0.2) is 44.7 Å². The number of hydrogen-bond acceptors (Lipinski definition) is 5. The Bertz CT molecular complexity index is 813. The van der Waals surface area contributed by atoms with Gasteiger partial charge in [-0.15, -0.1) is 0 Å². The summed E-state index contributed by atoms with van der Waals surface area (Å²) in [6.07, 6.45) is -0.559. The van der Waals surface area contributed by atoms with Crippen LogP contribution in [0.25, 0.3) is 0 Å². The van der Waals surface area contributed by atoms with Gasteiger partial charge in [-0.1, -0.05) is 48.5 Å². The molecule has 1 unspecified atom stereocenters. The van der Waals surface area contributed by atoms with E-state index in [0.29, 0.717) is 12.8 Å². The zero-order valence-corrected chi connectivity index (χ0v) is 15.7. The number of amides is 1. The Balaban J connectivity index is 1.69. The first-order chi connectivity index (χ1) is 12.9. The van der Waals surface area contributed by atoms with E-state index in [0.717, 1.165) is 5.56 Å². The minimum atomic E-state index is -3.56. The van der Waals surface area contributed by atoms with Gasteiger partial charge in [-0.3, -0.25) is 4.79 Å². The highest BCUT2D eigenvalue weighted by Crippen LogP contribution is 2.07. The number of aliphatic hydroxyl groups excluding tert-OH is 1. The predicted octanol–water partition coefficient (Wildman–Crippen LogP) is 0.402. The van der Waals surface area contributed by atoms with Gasteiger partial charge < -0.3 is 16.2 Å². The van der Waals surface area contributed by atoms with Gasteiger partial charge in [0.1, 0.15) is 6.10 Å². The molecular formula is C19H25N3O4S. The molecule has 0 aliphatic heterocycles. The summed E-state index contributed by atoms with van der Waals surface area (Å²) in [6, 6.07) is 16.7. The molecule has 1 amide bonds. The van der Waals surface area contributed by atoms with Crippen LogP contribution in [0, 0.1) is 0 Å². The van der Waals surface area contributed by atoms with Gasteiger partial charge >= 0.3 is 0 Å². The van der Waals surface area contributed by atoms with Crippen LogP contribution in [0.3, 0.4) is 0 Å². The van der Waals surface area contributed by atoms with Crippen LogP contribution >= 0.6 is 0 Å². The van der Waals surface area contributed by atoms with Crippen molar-refractivity contribution >= 4 is 15.9 Å². The lowest BCUT2D eigenvalue weighted by Crippen LogP contribution is -2.47. The second-order valence-corrected chi connectivity index (χ2v) is 7.92. The molecule has 2 atom stereocenters. The highest BCUT2D eigenvalue weighted by atomic mass is 32.2. The van der Waals surface area contributed by atoms with Crippen molar-refractivity contribution in [1.82, 2.24) is 10.0 Å². The van der Waals surface area contributed by atoms with Crippen LogP contribution < -0.4 is 15.8 Å². The first-order valence-corrected chi connectivity index (χ1v) is 10.2. The number of carbonyl (C=O) groups is 1. The Morgan fingerprint density at radius 1 is 1.00 bits per heavy atom. The van der Waals surface area contributed by atoms with Crippen LogP contribution in [0.1, 0.15) is 12.0 Å². The van der Waals surface area contributed by atoms with Crippen molar-refractivity contribution in [2.45, 2.75) is 29.9 Å². The molecule has 0 heterocycles. The summed E-state index contributed by atoms with van der Waals surface area (Å²) in [4.78, 5) is 12.2. The average molecular weight is 391 g/mol. The van der Waals surface area contributed by atoms with E-state index >= 15 is 0 Å². The summed E-state index contributed by atoms with van der Waals surface area (Å²) >= 11 is 0. The second kappa shape index (κ2) is 10.2.